The molecule has 1 aromatic heterocycles. The predicted molar refractivity (Wildman–Crippen MR) is 68.8 cm³/mol. The predicted octanol–water partition coefficient (Wildman–Crippen LogP) is 0.350. The fourth-order valence-electron chi connectivity index (χ4n) is 2.07. The van der Waals surface area contributed by atoms with Crippen molar-refractivity contribution in [2.24, 2.45) is 5.92 Å². The van der Waals surface area contributed by atoms with Gasteiger partial charge in [0.15, 0.2) is 0 Å². The average Bonchev–Trinajstić information content (AvgIpc) is 2.53. The lowest BCUT2D eigenvalue weighted by Crippen LogP contribution is -2.47. The van der Waals surface area contributed by atoms with Gasteiger partial charge in [0.2, 0.25) is 11.8 Å². The maximum absolute atomic E-state index is 12.4. The molecule has 0 aromatic carbocycles. The fraction of sp³-hybridized carbons (Fsp3) is 0.538. The maximum atomic E-state index is 12.4. The molecule has 2 heterocycles. The average molecular weight is 262 g/mol. The summed E-state index contributed by atoms with van der Waals surface area (Å²) >= 11 is 0. The van der Waals surface area contributed by atoms with E-state index in [0.29, 0.717) is 19.5 Å². The molecule has 1 N–H and O–H groups in total. The second kappa shape index (κ2) is 5.77. The van der Waals surface area contributed by atoms with Gasteiger partial charge < -0.3 is 10.2 Å². The van der Waals surface area contributed by atoms with E-state index in [9.17, 15) is 9.59 Å². The lowest BCUT2D eigenvalue weighted by Gasteiger charge is -2.25. The number of carbonyl (C=O) groups excluding carboxylic acids is 2. The summed E-state index contributed by atoms with van der Waals surface area (Å²) in [4.78, 5) is 25.7. The highest BCUT2D eigenvalue weighted by molar-refractivity contribution is 5.90. The van der Waals surface area contributed by atoms with E-state index in [1.807, 2.05) is 19.9 Å². The Morgan fingerprint density at radius 2 is 2.26 bits per heavy atom. The number of nitrogens with zero attached hydrogens (tertiary/aromatic N) is 3. The van der Waals surface area contributed by atoms with E-state index in [4.69, 9.17) is 0 Å². The third kappa shape index (κ3) is 3.27. The summed E-state index contributed by atoms with van der Waals surface area (Å²) in [5.41, 5.74) is 0.729. The van der Waals surface area contributed by atoms with Gasteiger partial charge in [-0.2, -0.15) is 10.2 Å². The largest absolute Gasteiger partial charge is 0.344 e. The molecule has 0 aliphatic carbocycles. The molecule has 102 valence electrons. The van der Waals surface area contributed by atoms with E-state index in [1.165, 1.54) is 0 Å². The summed E-state index contributed by atoms with van der Waals surface area (Å²) in [6.07, 6.45) is 1.92. The van der Waals surface area contributed by atoms with Crippen molar-refractivity contribution in [1.82, 2.24) is 20.4 Å². The number of carbonyl (C=O) groups is 2. The van der Waals surface area contributed by atoms with Crippen LogP contribution < -0.4 is 5.32 Å². The number of amides is 2. The van der Waals surface area contributed by atoms with Gasteiger partial charge in [0.05, 0.1) is 12.2 Å². The molecule has 1 unspecified atom stereocenters. The number of hydrogen-bond acceptors (Lipinski definition) is 4. The van der Waals surface area contributed by atoms with Crippen LogP contribution in [0.5, 0.6) is 0 Å². The van der Waals surface area contributed by atoms with Crippen LogP contribution in [-0.4, -0.2) is 39.5 Å². The highest BCUT2D eigenvalue weighted by atomic mass is 16.2. The zero-order chi connectivity index (χ0) is 13.8. The molecule has 1 saturated heterocycles. The zero-order valence-electron chi connectivity index (χ0n) is 11.2. The molecular weight excluding hydrogens is 244 g/mol. The van der Waals surface area contributed by atoms with Gasteiger partial charge in [-0.15, -0.1) is 0 Å². The number of rotatable bonds is 3. The standard InChI is InChI=1S/C13H18N4O2/c1-9(2)12-13(19)17(7-5-11(18)15-12)8-10-4-3-6-14-16-10/h3-4,6,9,12H,5,7-8H2,1-2H3,(H,15,18). The Morgan fingerprint density at radius 1 is 1.47 bits per heavy atom. The molecule has 1 atom stereocenters. The molecule has 0 saturated carbocycles. The summed E-state index contributed by atoms with van der Waals surface area (Å²) in [6, 6.07) is 3.16. The Bertz CT molecular complexity index is 461. The van der Waals surface area contributed by atoms with Gasteiger partial charge in [0.25, 0.3) is 0 Å². The fourth-order valence-corrected chi connectivity index (χ4v) is 2.07. The summed E-state index contributed by atoms with van der Waals surface area (Å²) in [5.74, 6) is -0.0564. The van der Waals surface area contributed by atoms with E-state index in [1.54, 1.807) is 17.2 Å². The molecule has 1 fully saturated rings. The normalized spacial score (nSPS) is 20.4. The number of aromatic nitrogens is 2. The van der Waals surface area contributed by atoms with Gasteiger partial charge in [-0.25, -0.2) is 0 Å². The van der Waals surface area contributed by atoms with Crippen LogP contribution in [0.15, 0.2) is 18.3 Å². The van der Waals surface area contributed by atoms with Crippen molar-refractivity contribution in [1.29, 1.82) is 0 Å². The van der Waals surface area contributed by atoms with E-state index in [-0.39, 0.29) is 17.7 Å². The smallest absolute Gasteiger partial charge is 0.245 e. The van der Waals surface area contributed by atoms with Crippen LogP contribution in [0, 0.1) is 5.92 Å². The molecular formula is C13H18N4O2. The van der Waals surface area contributed by atoms with Crippen LogP contribution in [0.3, 0.4) is 0 Å². The van der Waals surface area contributed by atoms with Crippen molar-refractivity contribution in [3.05, 3.63) is 24.0 Å². The topological polar surface area (TPSA) is 75.2 Å². The molecule has 0 bridgehead atoms. The zero-order valence-corrected chi connectivity index (χ0v) is 11.2. The summed E-state index contributed by atoms with van der Waals surface area (Å²) in [7, 11) is 0. The van der Waals surface area contributed by atoms with E-state index in [0.717, 1.165) is 5.69 Å². The molecule has 19 heavy (non-hydrogen) atoms. The minimum atomic E-state index is -0.452. The lowest BCUT2D eigenvalue weighted by atomic mass is 10.0. The molecule has 0 radical (unpaired) electrons. The first-order valence-electron chi connectivity index (χ1n) is 6.42. The SMILES string of the molecule is CC(C)C1NC(=O)CCN(Cc2cccnn2)C1=O. The second-order valence-electron chi connectivity index (χ2n) is 5.01. The Labute approximate surface area is 112 Å². The Balaban J connectivity index is 2.14. The van der Waals surface area contributed by atoms with Crippen molar-refractivity contribution < 1.29 is 9.59 Å². The van der Waals surface area contributed by atoms with Crippen LogP contribution >= 0.6 is 0 Å². The van der Waals surface area contributed by atoms with E-state index < -0.39 is 6.04 Å². The molecule has 2 rings (SSSR count). The molecule has 1 aliphatic rings. The van der Waals surface area contributed by atoms with Crippen LogP contribution in [-0.2, 0) is 16.1 Å². The molecule has 0 spiro atoms. The minimum absolute atomic E-state index is 0.0495. The van der Waals surface area contributed by atoms with Crippen molar-refractivity contribution in [2.45, 2.75) is 32.9 Å². The quantitative estimate of drug-likeness (QED) is 0.853. The van der Waals surface area contributed by atoms with Gasteiger partial charge in [-0.05, 0) is 18.1 Å². The lowest BCUT2D eigenvalue weighted by molar-refractivity contribution is -0.135. The van der Waals surface area contributed by atoms with Crippen molar-refractivity contribution >= 4 is 11.8 Å². The number of hydrogen-bond donors (Lipinski definition) is 1. The molecule has 2 amide bonds. The van der Waals surface area contributed by atoms with Crippen molar-refractivity contribution in [2.75, 3.05) is 6.54 Å². The molecule has 1 aliphatic heterocycles. The van der Waals surface area contributed by atoms with Gasteiger partial charge in [0, 0.05) is 19.2 Å². The third-order valence-electron chi connectivity index (χ3n) is 3.15. The van der Waals surface area contributed by atoms with Crippen LogP contribution in [0.4, 0.5) is 0 Å². The van der Waals surface area contributed by atoms with Crippen molar-refractivity contribution in [3.8, 4) is 0 Å². The van der Waals surface area contributed by atoms with Gasteiger partial charge in [0.1, 0.15) is 6.04 Å². The second-order valence-corrected chi connectivity index (χ2v) is 5.01. The third-order valence-corrected chi connectivity index (χ3v) is 3.15. The van der Waals surface area contributed by atoms with E-state index >= 15 is 0 Å². The first-order valence-corrected chi connectivity index (χ1v) is 6.42. The Kier molecular flexibility index (Phi) is 4.09. The van der Waals surface area contributed by atoms with Crippen LogP contribution in [0.1, 0.15) is 26.0 Å². The highest BCUT2D eigenvalue weighted by Gasteiger charge is 2.31. The molecule has 6 heteroatoms. The highest BCUT2D eigenvalue weighted by Crippen LogP contribution is 2.13. The number of nitrogens with one attached hydrogen (secondary N) is 1. The van der Waals surface area contributed by atoms with Crippen molar-refractivity contribution in [3.63, 3.8) is 0 Å². The van der Waals surface area contributed by atoms with Crippen LogP contribution in [0.2, 0.25) is 0 Å². The first-order chi connectivity index (χ1) is 9.08. The van der Waals surface area contributed by atoms with E-state index in [2.05, 4.69) is 15.5 Å². The van der Waals surface area contributed by atoms with Gasteiger partial charge in [-0.3, -0.25) is 9.59 Å². The molecule has 1 aromatic rings. The maximum Gasteiger partial charge on any atom is 0.245 e. The van der Waals surface area contributed by atoms with Gasteiger partial charge >= 0.3 is 0 Å². The first kappa shape index (κ1) is 13.5. The van der Waals surface area contributed by atoms with Crippen LogP contribution in [0.25, 0.3) is 0 Å². The Hall–Kier alpha value is -1.98. The Morgan fingerprint density at radius 3 is 2.89 bits per heavy atom. The molecule has 6 nitrogen and oxygen atoms in total. The monoisotopic (exact) mass is 262 g/mol. The minimum Gasteiger partial charge on any atom is -0.344 e. The van der Waals surface area contributed by atoms with Gasteiger partial charge in [-0.1, -0.05) is 13.8 Å². The summed E-state index contributed by atoms with van der Waals surface area (Å²) in [6.45, 7) is 4.67. The summed E-state index contributed by atoms with van der Waals surface area (Å²) in [5, 5.41) is 10.6. The summed E-state index contributed by atoms with van der Waals surface area (Å²) < 4.78 is 0.